The standard InChI is InChI=1S/C10H11BrOS/c1-7(6-12)8-3-4-10(13-2)9(11)5-8/h3-7H,1-2H3. The Balaban J connectivity index is 3.02. The molecule has 0 aliphatic carbocycles. The van der Waals surface area contributed by atoms with E-state index in [0.29, 0.717) is 0 Å². The largest absolute Gasteiger partial charge is 0.303 e. The molecule has 1 aromatic rings. The van der Waals surface area contributed by atoms with Crippen molar-refractivity contribution in [1.82, 2.24) is 0 Å². The highest BCUT2D eigenvalue weighted by molar-refractivity contribution is 9.10. The van der Waals surface area contributed by atoms with E-state index >= 15 is 0 Å². The quantitative estimate of drug-likeness (QED) is 0.610. The van der Waals surface area contributed by atoms with Crippen LogP contribution in [0.25, 0.3) is 0 Å². The maximum atomic E-state index is 10.6. The third kappa shape index (κ3) is 2.58. The monoisotopic (exact) mass is 258 g/mol. The lowest BCUT2D eigenvalue weighted by atomic mass is 10.0. The van der Waals surface area contributed by atoms with Crippen molar-refractivity contribution in [2.45, 2.75) is 17.7 Å². The van der Waals surface area contributed by atoms with Crippen molar-refractivity contribution in [3.63, 3.8) is 0 Å². The summed E-state index contributed by atoms with van der Waals surface area (Å²) in [6.07, 6.45) is 2.99. The molecule has 0 N–H and O–H groups in total. The van der Waals surface area contributed by atoms with Crippen LogP contribution in [0, 0.1) is 0 Å². The second-order valence-electron chi connectivity index (χ2n) is 2.82. The van der Waals surface area contributed by atoms with Crippen molar-refractivity contribution in [3.8, 4) is 0 Å². The van der Waals surface area contributed by atoms with Gasteiger partial charge in [0.1, 0.15) is 6.29 Å². The van der Waals surface area contributed by atoms with Gasteiger partial charge in [-0.1, -0.05) is 13.0 Å². The number of carbonyl (C=O) groups excluding carboxylic acids is 1. The van der Waals surface area contributed by atoms with Gasteiger partial charge in [0, 0.05) is 15.3 Å². The number of benzene rings is 1. The van der Waals surface area contributed by atoms with Crippen LogP contribution in [0.1, 0.15) is 18.4 Å². The first kappa shape index (κ1) is 10.8. The number of rotatable bonds is 3. The van der Waals surface area contributed by atoms with Gasteiger partial charge in [-0.2, -0.15) is 0 Å². The lowest BCUT2D eigenvalue weighted by Gasteiger charge is -2.06. The topological polar surface area (TPSA) is 17.1 Å². The molecule has 0 aliphatic heterocycles. The molecule has 0 saturated carbocycles. The van der Waals surface area contributed by atoms with Crippen LogP contribution in [-0.2, 0) is 4.79 Å². The minimum Gasteiger partial charge on any atom is -0.303 e. The van der Waals surface area contributed by atoms with Gasteiger partial charge < -0.3 is 4.79 Å². The zero-order chi connectivity index (χ0) is 9.84. The predicted octanol–water partition coefficient (Wildman–Crippen LogP) is 3.47. The highest BCUT2D eigenvalue weighted by Crippen LogP contribution is 2.28. The van der Waals surface area contributed by atoms with Crippen LogP contribution >= 0.6 is 27.7 Å². The average molecular weight is 259 g/mol. The number of aldehydes is 1. The van der Waals surface area contributed by atoms with E-state index in [2.05, 4.69) is 15.9 Å². The Kier molecular flexibility index (Phi) is 4.00. The third-order valence-electron chi connectivity index (χ3n) is 1.91. The van der Waals surface area contributed by atoms with E-state index in [4.69, 9.17) is 0 Å². The molecule has 0 amide bonds. The molecule has 3 heteroatoms. The van der Waals surface area contributed by atoms with Gasteiger partial charge in [-0.15, -0.1) is 11.8 Å². The summed E-state index contributed by atoms with van der Waals surface area (Å²) >= 11 is 5.16. The minimum absolute atomic E-state index is 0.0211. The fraction of sp³-hybridized carbons (Fsp3) is 0.300. The number of halogens is 1. The first-order valence-electron chi connectivity index (χ1n) is 3.97. The van der Waals surface area contributed by atoms with E-state index in [-0.39, 0.29) is 5.92 Å². The smallest absolute Gasteiger partial charge is 0.127 e. The number of hydrogen-bond donors (Lipinski definition) is 0. The first-order chi connectivity index (χ1) is 6.19. The summed E-state index contributed by atoms with van der Waals surface area (Å²) in [7, 11) is 0. The molecule has 0 heterocycles. The summed E-state index contributed by atoms with van der Waals surface area (Å²) in [5.41, 5.74) is 1.06. The molecule has 1 aromatic carbocycles. The van der Waals surface area contributed by atoms with Crippen LogP contribution < -0.4 is 0 Å². The Hall–Kier alpha value is -0.280. The molecule has 13 heavy (non-hydrogen) atoms. The van der Waals surface area contributed by atoms with E-state index in [1.807, 2.05) is 31.4 Å². The van der Waals surface area contributed by atoms with Crippen molar-refractivity contribution < 1.29 is 4.79 Å². The molecular formula is C10H11BrOS. The molecule has 1 rings (SSSR count). The van der Waals surface area contributed by atoms with Gasteiger partial charge in [0.15, 0.2) is 0 Å². The summed E-state index contributed by atoms with van der Waals surface area (Å²) in [6.45, 7) is 1.90. The van der Waals surface area contributed by atoms with Crippen molar-refractivity contribution in [1.29, 1.82) is 0 Å². The fourth-order valence-corrected chi connectivity index (χ4v) is 2.38. The molecule has 0 spiro atoms. The van der Waals surface area contributed by atoms with Gasteiger partial charge in [-0.25, -0.2) is 0 Å². The Morgan fingerprint density at radius 2 is 2.23 bits per heavy atom. The van der Waals surface area contributed by atoms with Gasteiger partial charge in [-0.3, -0.25) is 0 Å². The second kappa shape index (κ2) is 4.82. The summed E-state index contributed by atoms with van der Waals surface area (Å²) in [6, 6.07) is 6.03. The summed E-state index contributed by atoms with van der Waals surface area (Å²) in [5, 5.41) is 0. The summed E-state index contributed by atoms with van der Waals surface area (Å²) in [4.78, 5) is 11.7. The van der Waals surface area contributed by atoms with E-state index < -0.39 is 0 Å². The molecule has 0 saturated heterocycles. The number of carbonyl (C=O) groups is 1. The van der Waals surface area contributed by atoms with Gasteiger partial charge >= 0.3 is 0 Å². The van der Waals surface area contributed by atoms with Crippen LogP contribution in [0.3, 0.4) is 0 Å². The molecule has 1 unspecified atom stereocenters. The molecule has 0 aromatic heterocycles. The predicted molar refractivity (Wildman–Crippen MR) is 60.4 cm³/mol. The second-order valence-corrected chi connectivity index (χ2v) is 4.52. The lowest BCUT2D eigenvalue weighted by Crippen LogP contribution is -1.94. The molecule has 0 radical (unpaired) electrons. The lowest BCUT2D eigenvalue weighted by molar-refractivity contribution is -0.108. The zero-order valence-electron chi connectivity index (χ0n) is 7.58. The maximum absolute atomic E-state index is 10.6. The van der Waals surface area contributed by atoms with Crippen LogP contribution in [0.4, 0.5) is 0 Å². The van der Waals surface area contributed by atoms with E-state index in [1.54, 1.807) is 11.8 Å². The van der Waals surface area contributed by atoms with Crippen molar-refractivity contribution >= 4 is 34.0 Å². The van der Waals surface area contributed by atoms with Crippen molar-refractivity contribution in [3.05, 3.63) is 28.2 Å². The Labute approximate surface area is 91.0 Å². The highest BCUT2D eigenvalue weighted by Gasteiger charge is 2.05. The van der Waals surface area contributed by atoms with Crippen molar-refractivity contribution in [2.75, 3.05) is 6.26 Å². The van der Waals surface area contributed by atoms with Gasteiger partial charge in [0.25, 0.3) is 0 Å². The first-order valence-corrected chi connectivity index (χ1v) is 5.99. The van der Waals surface area contributed by atoms with Gasteiger partial charge in [-0.05, 0) is 39.9 Å². The molecule has 0 fully saturated rings. The van der Waals surface area contributed by atoms with E-state index in [9.17, 15) is 4.79 Å². The van der Waals surface area contributed by atoms with Gasteiger partial charge in [0.05, 0.1) is 0 Å². The molecule has 70 valence electrons. The van der Waals surface area contributed by atoms with E-state index in [0.717, 1.165) is 16.3 Å². The normalized spacial score (nSPS) is 12.5. The van der Waals surface area contributed by atoms with Crippen LogP contribution in [0.15, 0.2) is 27.6 Å². The van der Waals surface area contributed by atoms with Gasteiger partial charge in [0.2, 0.25) is 0 Å². The minimum atomic E-state index is -0.0211. The summed E-state index contributed by atoms with van der Waals surface area (Å²) < 4.78 is 1.06. The van der Waals surface area contributed by atoms with E-state index in [1.165, 1.54) is 4.90 Å². The molecular weight excluding hydrogens is 248 g/mol. The molecule has 1 atom stereocenters. The average Bonchev–Trinajstić information content (AvgIpc) is 2.16. The van der Waals surface area contributed by atoms with Crippen molar-refractivity contribution in [2.24, 2.45) is 0 Å². The number of hydrogen-bond acceptors (Lipinski definition) is 2. The van der Waals surface area contributed by atoms with Crippen LogP contribution in [0.2, 0.25) is 0 Å². The van der Waals surface area contributed by atoms with Crippen LogP contribution in [0.5, 0.6) is 0 Å². The fourth-order valence-electron chi connectivity index (χ4n) is 1.04. The molecule has 1 nitrogen and oxygen atoms in total. The Morgan fingerprint density at radius 3 is 2.69 bits per heavy atom. The molecule has 0 aliphatic rings. The highest BCUT2D eigenvalue weighted by atomic mass is 79.9. The number of thioether (sulfide) groups is 1. The Morgan fingerprint density at radius 1 is 1.54 bits per heavy atom. The zero-order valence-corrected chi connectivity index (χ0v) is 9.98. The SMILES string of the molecule is CSc1ccc(C(C)C=O)cc1Br. The molecule has 0 bridgehead atoms. The van der Waals surface area contributed by atoms with Crippen LogP contribution in [-0.4, -0.2) is 12.5 Å². The third-order valence-corrected chi connectivity index (χ3v) is 3.62. The Bertz CT molecular complexity index is 312. The maximum Gasteiger partial charge on any atom is 0.127 e. The summed E-state index contributed by atoms with van der Waals surface area (Å²) in [5.74, 6) is -0.0211.